The minimum Gasteiger partial charge on any atom is -0.481 e. The van der Waals surface area contributed by atoms with E-state index in [1.54, 1.807) is 11.8 Å². The number of carbonyl (C=O) groups is 2. The topological polar surface area (TPSA) is 72.9 Å². The number of carboxylic acid groups (broad SMARTS) is 1. The molecule has 2 aliphatic rings. The largest absolute Gasteiger partial charge is 0.481 e. The number of nitrogens with one attached hydrogen (secondary N) is 1. The average molecular weight is 325 g/mol. The highest BCUT2D eigenvalue weighted by atomic mass is 16.4. The van der Waals surface area contributed by atoms with Crippen molar-refractivity contribution in [3.63, 3.8) is 0 Å². The normalized spacial score (nSPS) is 28.8. The van der Waals surface area contributed by atoms with Gasteiger partial charge in [0.25, 0.3) is 0 Å². The number of unbranched alkanes of at least 4 members (excludes halogenated alkanes) is 1. The van der Waals surface area contributed by atoms with E-state index in [0.29, 0.717) is 32.1 Å². The first-order chi connectivity index (χ1) is 11.0. The summed E-state index contributed by atoms with van der Waals surface area (Å²) in [5, 5.41) is 12.3. The van der Waals surface area contributed by atoms with E-state index < -0.39 is 11.4 Å². The molecule has 0 spiro atoms. The quantitative estimate of drug-likeness (QED) is 0.785. The van der Waals surface area contributed by atoms with E-state index in [1.807, 2.05) is 0 Å². The number of likely N-dealkylation sites (tertiary alicyclic amines) is 2. The van der Waals surface area contributed by atoms with E-state index in [2.05, 4.69) is 17.1 Å². The van der Waals surface area contributed by atoms with Gasteiger partial charge in [-0.15, -0.1) is 0 Å². The van der Waals surface area contributed by atoms with Crippen molar-refractivity contribution in [1.29, 1.82) is 0 Å². The molecule has 2 rings (SSSR count). The van der Waals surface area contributed by atoms with Gasteiger partial charge in [0.05, 0.1) is 5.41 Å². The molecule has 0 aromatic carbocycles. The van der Waals surface area contributed by atoms with Crippen molar-refractivity contribution >= 4 is 12.0 Å². The Kier molecular flexibility index (Phi) is 6.27. The lowest BCUT2D eigenvalue weighted by molar-refractivity contribution is -0.147. The number of hydrogen-bond acceptors (Lipinski definition) is 3. The summed E-state index contributed by atoms with van der Waals surface area (Å²) in [5.74, 6) is -0.814. The molecule has 2 heterocycles. The molecule has 2 unspecified atom stereocenters. The minimum atomic E-state index is -0.814. The van der Waals surface area contributed by atoms with Crippen LogP contribution < -0.4 is 5.32 Å². The van der Waals surface area contributed by atoms with Gasteiger partial charge in [0.1, 0.15) is 0 Å². The van der Waals surface area contributed by atoms with E-state index in [0.717, 1.165) is 19.5 Å². The number of carbonyl (C=O) groups excluding carboxylic acids is 1. The van der Waals surface area contributed by atoms with Crippen molar-refractivity contribution in [3.05, 3.63) is 0 Å². The van der Waals surface area contributed by atoms with Gasteiger partial charge in [0, 0.05) is 25.7 Å². The first-order valence-electron chi connectivity index (χ1n) is 8.96. The summed E-state index contributed by atoms with van der Waals surface area (Å²) < 4.78 is 0. The van der Waals surface area contributed by atoms with Gasteiger partial charge in [-0.3, -0.25) is 9.69 Å². The Bertz CT molecular complexity index is 429. The first-order valence-corrected chi connectivity index (χ1v) is 8.96. The number of urea groups is 1. The summed E-state index contributed by atoms with van der Waals surface area (Å²) in [4.78, 5) is 27.7. The highest BCUT2D eigenvalue weighted by Gasteiger charge is 2.42. The summed E-state index contributed by atoms with van der Waals surface area (Å²) in [6, 6.07) is 0.309. The van der Waals surface area contributed by atoms with E-state index in [-0.39, 0.29) is 6.03 Å². The Labute approximate surface area is 139 Å². The number of nitrogens with zero attached hydrogens (tertiary/aromatic N) is 2. The Balaban J connectivity index is 1.80. The highest BCUT2D eigenvalue weighted by molar-refractivity contribution is 5.79. The van der Waals surface area contributed by atoms with Crippen LogP contribution in [0.25, 0.3) is 0 Å². The zero-order valence-electron chi connectivity index (χ0n) is 14.5. The number of aliphatic carboxylic acids is 1. The summed E-state index contributed by atoms with van der Waals surface area (Å²) in [6.45, 7) is 7.66. The molecule has 2 fully saturated rings. The maximum absolute atomic E-state index is 12.3. The molecule has 132 valence electrons. The van der Waals surface area contributed by atoms with E-state index in [1.165, 1.54) is 25.7 Å². The molecule has 0 saturated carbocycles. The van der Waals surface area contributed by atoms with Crippen LogP contribution in [-0.2, 0) is 4.79 Å². The Hall–Kier alpha value is -1.30. The number of hydrogen-bond donors (Lipinski definition) is 2. The van der Waals surface area contributed by atoms with Gasteiger partial charge in [0.15, 0.2) is 0 Å². The van der Waals surface area contributed by atoms with E-state index in [9.17, 15) is 14.7 Å². The zero-order chi connectivity index (χ0) is 16.9. The first kappa shape index (κ1) is 18.0. The van der Waals surface area contributed by atoms with Crippen LogP contribution in [0.3, 0.4) is 0 Å². The number of amides is 2. The smallest absolute Gasteiger partial charge is 0.317 e. The number of carboxylic acids is 1. The fraction of sp³-hybridized carbons (Fsp3) is 0.882. The van der Waals surface area contributed by atoms with Gasteiger partial charge >= 0.3 is 12.0 Å². The molecule has 2 aliphatic heterocycles. The van der Waals surface area contributed by atoms with Crippen molar-refractivity contribution in [2.24, 2.45) is 5.41 Å². The molecule has 2 atom stereocenters. The molecule has 2 amide bonds. The van der Waals surface area contributed by atoms with Crippen LogP contribution in [0, 0.1) is 5.41 Å². The molecule has 6 heteroatoms. The second-order valence-electron chi connectivity index (χ2n) is 7.26. The zero-order valence-corrected chi connectivity index (χ0v) is 14.5. The summed E-state index contributed by atoms with van der Waals surface area (Å²) in [5.41, 5.74) is -0.796. The van der Waals surface area contributed by atoms with Gasteiger partial charge in [-0.1, -0.05) is 19.8 Å². The maximum atomic E-state index is 12.3. The lowest BCUT2D eigenvalue weighted by Gasteiger charge is -2.36. The van der Waals surface area contributed by atoms with Crippen LogP contribution in [0.1, 0.15) is 52.4 Å². The predicted octanol–water partition coefficient (Wildman–Crippen LogP) is 2.15. The monoisotopic (exact) mass is 325 g/mol. The third kappa shape index (κ3) is 4.59. The Morgan fingerprint density at radius 2 is 2.09 bits per heavy atom. The van der Waals surface area contributed by atoms with Gasteiger partial charge in [0.2, 0.25) is 0 Å². The van der Waals surface area contributed by atoms with Gasteiger partial charge in [-0.05, 0) is 45.7 Å². The number of piperidine rings is 1. The third-order valence-electron chi connectivity index (χ3n) is 5.31. The fourth-order valence-corrected chi connectivity index (χ4v) is 3.57. The molecule has 2 N–H and O–H groups in total. The van der Waals surface area contributed by atoms with Gasteiger partial charge in [-0.2, -0.15) is 0 Å². The van der Waals surface area contributed by atoms with Crippen molar-refractivity contribution in [3.8, 4) is 0 Å². The molecule has 0 aromatic heterocycles. The average Bonchev–Trinajstić information content (AvgIpc) is 2.95. The van der Waals surface area contributed by atoms with Crippen molar-refractivity contribution in [1.82, 2.24) is 15.1 Å². The summed E-state index contributed by atoms with van der Waals surface area (Å²) in [7, 11) is 0. The van der Waals surface area contributed by atoms with Crippen molar-refractivity contribution < 1.29 is 14.7 Å². The third-order valence-corrected chi connectivity index (χ3v) is 5.31. The molecule has 2 saturated heterocycles. The van der Waals surface area contributed by atoms with Crippen LogP contribution in [0.2, 0.25) is 0 Å². The molecule has 6 nitrogen and oxygen atoms in total. The second-order valence-corrected chi connectivity index (χ2v) is 7.26. The lowest BCUT2D eigenvalue weighted by atomic mass is 9.90. The maximum Gasteiger partial charge on any atom is 0.317 e. The molecule has 23 heavy (non-hydrogen) atoms. The molecule has 0 bridgehead atoms. The SMILES string of the molecule is CCCCN1CCCCC1CNC(=O)N1CCC(C)(C(=O)O)C1. The van der Waals surface area contributed by atoms with Crippen LogP contribution in [-0.4, -0.2) is 65.7 Å². The fourth-order valence-electron chi connectivity index (χ4n) is 3.57. The van der Waals surface area contributed by atoms with Crippen LogP contribution >= 0.6 is 0 Å². The van der Waals surface area contributed by atoms with E-state index in [4.69, 9.17) is 0 Å². The van der Waals surface area contributed by atoms with Crippen molar-refractivity contribution in [2.45, 2.75) is 58.4 Å². The summed E-state index contributed by atoms with van der Waals surface area (Å²) >= 11 is 0. The second kappa shape index (κ2) is 7.99. The van der Waals surface area contributed by atoms with Crippen LogP contribution in [0.5, 0.6) is 0 Å². The highest BCUT2D eigenvalue weighted by Crippen LogP contribution is 2.30. The molecule has 0 aromatic rings. The minimum absolute atomic E-state index is 0.115. The number of rotatable bonds is 6. The predicted molar refractivity (Wildman–Crippen MR) is 89.5 cm³/mol. The van der Waals surface area contributed by atoms with Gasteiger partial charge in [-0.25, -0.2) is 4.79 Å². The molecule has 0 aliphatic carbocycles. The van der Waals surface area contributed by atoms with Crippen molar-refractivity contribution in [2.75, 3.05) is 32.7 Å². The lowest BCUT2D eigenvalue weighted by Crippen LogP contribution is -2.49. The summed E-state index contributed by atoms with van der Waals surface area (Å²) in [6.07, 6.45) is 6.53. The molecular formula is C17H31N3O3. The van der Waals surface area contributed by atoms with Gasteiger partial charge < -0.3 is 15.3 Å². The Morgan fingerprint density at radius 3 is 2.74 bits per heavy atom. The van der Waals surface area contributed by atoms with E-state index >= 15 is 0 Å². The Morgan fingerprint density at radius 1 is 1.30 bits per heavy atom. The standard InChI is InChI=1S/C17H31N3O3/c1-3-4-9-19-10-6-5-7-14(19)12-18-16(23)20-11-8-17(2,13-20)15(21)22/h14H,3-13H2,1-2H3,(H,18,23)(H,21,22). The van der Waals surface area contributed by atoms with Crippen LogP contribution in [0.4, 0.5) is 4.79 Å². The molecule has 0 radical (unpaired) electrons. The molecular weight excluding hydrogens is 294 g/mol. The van der Waals surface area contributed by atoms with Crippen LogP contribution in [0.15, 0.2) is 0 Å².